The van der Waals surface area contributed by atoms with Crippen LogP contribution in [0.25, 0.3) is 0 Å². The topological polar surface area (TPSA) is 160 Å². The highest BCUT2D eigenvalue weighted by Crippen LogP contribution is 2.28. The first-order valence-electron chi connectivity index (χ1n) is 16.1. The monoisotopic (exact) mass is 692 g/mol. The first-order valence-corrected chi connectivity index (χ1v) is 17.7. The summed E-state index contributed by atoms with van der Waals surface area (Å²) in [5, 5.41) is 25.4. The minimum absolute atomic E-state index is 0.163. The first kappa shape index (κ1) is 33.8. The number of nitrogens with zero attached hydrogens (tertiary/aromatic N) is 8. The molecule has 6 rings (SSSR count). The second-order valence-electron chi connectivity index (χ2n) is 12.0. The molecule has 4 aromatic rings. The number of aromatic nitrogens is 6. The second-order valence-corrected chi connectivity index (χ2v) is 14.1. The Labute approximate surface area is 287 Å². The Hall–Kier alpha value is -4.12. The molecule has 14 nitrogen and oxygen atoms in total. The fourth-order valence-corrected chi connectivity index (χ4v) is 7.07. The van der Waals surface area contributed by atoms with Gasteiger partial charge in [0, 0.05) is 52.7 Å². The molecule has 0 aliphatic carbocycles. The largest absolute Gasteiger partial charge is 0.378 e. The van der Waals surface area contributed by atoms with Gasteiger partial charge in [0.2, 0.25) is 22.1 Å². The van der Waals surface area contributed by atoms with Gasteiger partial charge in [-0.25, -0.2) is 9.97 Å². The molecule has 2 saturated heterocycles. The van der Waals surface area contributed by atoms with Crippen LogP contribution in [0.15, 0.2) is 36.4 Å². The number of nitrogens with one attached hydrogen (secondary N) is 2. The molecule has 6 heterocycles. The van der Waals surface area contributed by atoms with Crippen LogP contribution in [0.4, 0.5) is 21.9 Å². The number of amides is 2. The fraction of sp³-hybridized carbons (Fsp3) is 0.500. The van der Waals surface area contributed by atoms with Crippen LogP contribution >= 0.6 is 22.7 Å². The minimum Gasteiger partial charge on any atom is -0.378 e. The number of rotatable bonds is 16. The van der Waals surface area contributed by atoms with E-state index in [4.69, 9.17) is 9.47 Å². The van der Waals surface area contributed by atoms with Crippen LogP contribution in [0.1, 0.15) is 53.5 Å². The highest BCUT2D eigenvalue weighted by atomic mass is 32.1. The van der Waals surface area contributed by atoms with Gasteiger partial charge in [0.25, 0.3) is 0 Å². The molecule has 0 bridgehead atoms. The molecule has 4 aromatic heterocycles. The van der Waals surface area contributed by atoms with Gasteiger partial charge in [-0.3, -0.25) is 9.59 Å². The lowest BCUT2D eigenvalue weighted by molar-refractivity contribution is -0.116. The molecule has 2 aliphatic rings. The molecule has 1 atom stereocenters. The lowest BCUT2D eigenvalue weighted by atomic mass is 10.0. The van der Waals surface area contributed by atoms with E-state index in [1.807, 2.05) is 36.4 Å². The van der Waals surface area contributed by atoms with Gasteiger partial charge >= 0.3 is 0 Å². The Morgan fingerprint density at radius 3 is 1.90 bits per heavy atom. The van der Waals surface area contributed by atoms with Gasteiger partial charge in [0.15, 0.2) is 0 Å². The average Bonchev–Trinajstić information content (AvgIpc) is 3.68. The van der Waals surface area contributed by atoms with Gasteiger partial charge in [-0.05, 0) is 37.1 Å². The van der Waals surface area contributed by atoms with Crippen molar-refractivity contribution in [1.82, 2.24) is 30.4 Å². The van der Waals surface area contributed by atoms with Crippen LogP contribution in [-0.4, -0.2) is 94.8 Å². The Kier molecular flexibility index (Phi) is 11.2. The highest BCUT2D eigenvalue weighted by Gasteiger charge is 2.28. The smallest absolute Gasteiger partial charge is 0.232 e. The van der Waals surface area contributed by atoms with E-state index in [9.17, 15) is 9.59 Å². The molecule has 2 aliphatic heterocycles. The number of carbonyl (C=O) groups excluding carboxylic acids is 2. The van der Waals surface area contributed by atoms with Crippen molar-refractivity contribution in [3.8, 4) is 0 Å². The van der Waals surface area contributed by atoms with Crippen molar-refractivity contribution < 1.29 is 19.1 Å². The lowest BCUT2D eigenvalue weighted by Crippen LogP contribution is -2.52. The summed E-state index contributed by atoms with van der Waals surface area (Å²) < 4.78 is 10.7. The summed E-state index contributed by atoms with van der Waals surface area (Å²) in [6.45, 7) is 5.34. The SMILES string of the molecule is COC1CN(c2cccc(CC(=O)Nc3nnc(CCCCC(C)c4nnc(NC(=O)Cc5cccc(N6CC(OC)C6)n5)s4)s3)n2)C1. The summed E-state index contributed by atoms with van der Waals surface area (Å²) in [7, 11) is 3.43. The molecule has 2 fully saturated rings. The highest BCUT2D eigenvalue weighted by molar-refractivity contribution is 7.15. The van der Waals surface area contributed by atoms with E-state index in [2.05, 4.69) is 57.7 Å². The molecule has 0 spiro atoms. The Morgan fingerprint density at radius 1 is 0.792 bits per heavy atom. The van der Waals surface area contributed by atoms with Gasteiger partial charge < -0.3 is 29.9 Å². The number of aryl methyl sites for hydroxylation is 1. The number of hydrogen-bond donors (Lipinski definition) is 2. The van der Waals surface area contributed by atoms with Gasteiger partial charge in [-0.15, -0.1) is 20.4 Å². The molecular formula is C32H40N10O4S2. The van der Waals surface area contributed by atoms with Gasteiger partial charge in [0.05, 0.1) is 36.4 Å². The number of anilines is 4. The van der Waals surface area contributed by atoms with E-state index in [0.29, 0.717) is 21.7 Å². The molecule has 2 N–H and O–H groups in total. The molecular weight excluding hydrogens is 653 g/mol. The molecule has 254 valence electrons. The van der Waals surface area contributed by atoms with Crippen molar-refractivity contribution >= 4 is 56.4 Å². The van der Waals surface area contributed by atoms with E-state index < -0.39 is 0 Å². The Morgan fingerprint density at radius 2 is 1.33 bits per heavy atom. The van der Waals surface area contributed by atoms with Crippen molar-refractivity contribution in [2.45, 2.75) is 63.6 Å². The van der Waals surface area contributed by atoms with Gasteiger partial charge in [-0.2, -0.15) is 0 Å². The third-order valence-electron chi connectivity index (χ3n) is 8.38. The summed E-state index contributed by atoms with van der Waals surface area (Å²) in [5.74, 6) is 1.58. The van der Waals surface area contributed by atoms with E-state index in [-0.39, 0.29) is 42.8 Å². The summed E-state index contributed by atoms with van der Waals surface area (Å²) in [6, 6.07) is 11.4. The van der Waals surface area contributed by atoms with Crippen molar-refractivity contribution in [2.24, 2.45) is 0 Å². The maximum atomic E-state index is 12.7. The van der Waals surface area contributed by atoms with Crippen LogP contribution in [0.5, 0.6) is 0 Å². The zero-order valence-electron chi connectivity index (χ0n) is 27.3. The normalized spacial score (nSPS) is 15.6. The summed E-state index contributed by atoms with van der Waals surface area (Å²) in [6.07, 6.45) is 4.40. The van der Waals surface area contributed by atoms with Crippen LogP contribution < -0.4 is 20.4 Å². The Bertz CT molecular complexity index is 1690. The van der Waals surface area contributed by atoms with E-state index >= 15 is 0 Å². The van der Waals surface area contributed by atoms with Crippen LogP contribution in [-0.2, 0) is 38.3 Å². The zero-order valence-corrected chi connectivity index (χ0v) is 28.9. The number of unbranched alkanes of at least 4 members (excludes halogenated alkanes) is 1. The molecule has 48 heavy (non-hydrogen) atoms. The third kappa shape index (κ3) is 8.86. The van der Waals surface area contributed by atoms with Crippen molar-refractivity contribution in [1.29, 1.82) is 0 Å². The average molecular weight is 693 g/mol. The van der Waals surface area contributed by atoms with Gasteiger partial charge in [-0.1, -0.05) is 48.2 Å². The molecule has 0 radical (unpaired) electrons. The minimum atomic E-state index is -0.171. The summed E-state index contributed by atoms with van der Waals surface area (Å²) in [4.78, 5) is 38.9. The lowest BCUT2D eigenvalue weighted by Gasteiger charge is -2.39. The molecule has 0 aromatic carbocycles. The molecule has 16 heteroatoms. The second kappa shape index (κ2) is 15.9. The number of hydrogen-bond acceptors (Lipinski definition) is 14. The molecule has 0 saturated carbocycles. The number of methoxy groups -OCH3 is 2. The predicted molar refractivity (Wildman–Crippen MR) is 185 cm³/mol. The van der Waals surface area contributed by atoms with E-state index in [1.54, 1.807) is 14.2 Å². The van der Waals surface area contributed by atoms with Gasteiger partial charge in [0.1, 0.15) is 21.7 Å². The van der Waals surface area contributed by atoms with E-state index in [1.165, 1.54) is 22.7 Å². The van der Waals surface area contributed by atoms with Crippen LogP contribution in [0.2, 0.25) is 0 Å². The van der Waals surface area contributed by atoms with Crippen molar-refractivity contribution in [3.63, 3.8) is 0 Å². The first-order chi connectivity index (χ1) is 23.3. The van der Waals surface area contributed by atoms with E-state index in [0.717, 1.165) is 73.5 Å². The summed E-state index contributed by atoms with van der Waals surface area (Å²) >= 11 is 2.80. The predicted octanol–water partition coefficient (Wildman–Crippen LogP) is 3.73. The third-order valence-corrected chi connectivity index (χ3v) is 10.3. The number of ether oxygens (including phenoxy) is 2. The number of pyridine rings is 2. The zero-order chi connectivity index (χ0) is 33.5. The van der Waals surface area contributed by atoms with Crippen LogP contribution in [0.3, 0.4) is 0 Å². The van der Waals surface area contributed by atoms with Crippen LogP contribution in [0, 0.1) is 0 Å². The maximum absolute atomic E-state index is 12.7. The summed E-state index contributed by atoms with van der Waals surface area (Å²) in [5.41, 5.74) is 1.41. The quantitative estimate of drug-likeness (QED) is 0.164. The maximum Gasteiger partial charge on any atom is 0.232 e. The molecule has 2 amide bonds. The number of carbonyl (C=O) groups is 2. The standard InChI is InChI=1S/C32H40N10O4S2/c1-20(30-38-40-32(48-30)36-28(44)15-22-10-7-12-26(34-22)42-18-24(19-42)46-3)8-4-5-13-29-37-39-31(47-29)35-27(43)14-21-9-6-11-25(33-21)41-16-23(17-41)45-2/h6-7,9-12,20,23-24H,4-5,8,13-19H2,1-3H3,(H,35,39,43)(H,36,40,44). The van der Waals surface area contributed by atoms with Crippen molar-refractivity contribution in [2.75, 3.05) is 60.8 Å². The molecule has 1 unspecified atom stereocenters. The Balaban J connectivity index is 0.882. The fourth-order valence-electron chi connectivity index (χ4n) is 5.43. The van der Waals surface area contributed by atoms with Crippen molar-refractivity contribution in [3.05, 3.63) is 57.8 Å².